The van der Waals surface area contributed by atoms with E-state index < -0.39 is 0 Å². The Bertz CT molecular complexity index is 570. The molecule has 1 unspecified atom stereocenters. The molecule has 0 amide bonds. The largest absolute Gasteiger partial charge is 0.383 e. The second-order valence-corrected chi connectivity index (χ2v) is 12.4. The van der Waals surface area contributed by atoms with Gasteiger partial charge >= 0.3 is 0 Å². The fraction of sp³-hybridized carbons (Fsp3) is 1.00. The monoisotopic (exact) mass is 434 g/mol. The van der Waals surface area contributed by atoms with Gasteiger partial charge in [0.15, 0.2) is 0 Å². The number of ether oxygens (including phenoxy) is 1. The Hall–Kier alpha value is -0.200. The van der Waals surface area contributed by atoms with Crippen LogP contribution in [0.5, 0.6) is 0 Å². The summed E-state index contributed by atoms with van der Waals surface area (Å²) in [5.74, 6) is 0. The number of methoxy groups -OCH3 is 1. The van der Waals surface area contributed by atoms with Crippen LogP contribution < -0.4 is 0 Å². The van der Waals surface area contributed by atoms with Gasteiger partial charge in [-0.1, -0.05) is 0 Å². The molecule has 4 saturated heterocycles. The Balaban J connectivity index is 1.20. The van der Waals surface area contributed by atoms with E-state index in [9.17, 15) is 0 Å². The van der Waals surface area contributed by atoms with E-state index in [0.29, 0.717) is 16.4 Å². The quantitative estimate of drug-likeness (QED) is 0.582. The van der Waals surface area contributed by atoms with E-state index in [1.807, 2.05) is 7.11 Å². The van der Waals surface area contributed by atoms with Gasteiger partial charge in [0, 0.05) is 44.9 Å². The van der Waals surface area contributed by atoms with Gasteiger partial charge in [0.2, 0.25) is 0 Å². The molecule has 4 heterocycles. The maximum absolute atomic E-state index is 5.28. The zero-order valence-electron chi connectivity index (χ0n) is 21.3. The molecule has 31 heavy (non-hydrogen) atoms. The molecule has 4 fully saturated rings. The fourth-order valence-electron chi connectivity index (χ4n) is 7.09. The first-order valence-corrected chi connectivity index (χ1v) is 13.1. The summed E-state index contributed by atoms with van der Waals surface area (Å²) in [4.78, 5) is 10.7. The van der Waals surface area contributed by atoms with Crippen molar-refractivity contribution in [2.24, 2.45) is 10.8 Å². The first-order valence-electron chi connectivity index (χ1n) is 13.1. The minimum atomic E-state index is 0.332. The van der Waals surface area contributed by atoms with Crippen LogP contribution in [-0.2, 0) is 4.74 Å². The molecule has 180 valence electrons. The van der Waals surface area contributed by atoms with Crippen LogP contribution in [0.2, 0.25) is 0 Å². The maximum atomic E-state index is 5.28. The summed E-state index contributed by atoms with van der Waals surface area (Å²) in [6, 6.07) is 0.731. The first kappa shape index (κ1) is 23.9. The Kier molecular flexibility index (Phi) is 7.40. The summed E-state index contributed by atoms with van der Waals surface area (Å²) in [5.41, 5.74) is 1.59. The molecule has 0 aromatic rings. The van der Waals surface area contributed by atoms with Gasteiger partial charge in [-0.15, -0.1) is 0 Å². The zero-order valence-corrected chi connectivity index (χ0v) is 21.3. The average molecular weight is 435 g/mol. The van der Waals surface area contributed by atoms with Crippen molar-refractivity contribution in [3.05, 3.63) is 0 Å². The molecule has 0 aliphatic carbocycles. The molecular formula is C26H50N4O. The number of hydrogen-bond acceptors (Lipinski definition) is 5. The summed E-state index contributed by atoms with van der Waals surface area (Å²) in [7, 11) is 4.09. The van der Waals surface area contributed by atoms with Crippen molar-refractivity contribution in [2.75, 3.05) is 79.7 Å². The van der Waals surface area contributed by atoms with Gasteiger partial charge in [0.1, 0.15) is 0 Å². The lowest BCUT2D eigenvalue weighted by atomic mass is 9.72. The van der Waals surface area contributed by atoms with Crippen molar-refractivity contribution in [2.45, 2.75) is 77.3 Å². The molecular weight excluding hydrogens is 384 g/mol. The van der Waals surface area contributed by atoms with E-state index >= 15 is 0 Å². The maximum Gasteiger partial charge on any atom is 0.0589 e. The fourth-order valence-corrected chi connectivity index (χ4v) is 7.09. The van der Waals surface area contributed by atoms with Crippen LogP contribution in [0.1, 0.15) is 65.7 Å². The van der Waals surface area contributed by atoms with Crippen LogP contribution in [0, 0.1) is 10.8 Å². The van der Waals surface area contributed by atoms with E-state index in [2.05, 4.69) is 47.4 Å². The summed E-state index contributed by atoms with van der Waals surface area (Å²) < 4.78 is 5.28. The molecule has 1 atom stereocenters. The lowest BCUT2D eigenvalue weighted by molar-refractivity contribution is -0.0403. The second-order valence-electron chi connectivity index (χ2n) is 12.4. The number of likely N-dealkylation sites (tertiary alicyclic amines) is 4. The number of piperidine rings is 2. The number of rotatable bonds is 8. The zero-order chi connectivity index (χ0) is 22.1. The summed E-state index contributed by atoms with van der Waals surface area (Å²) in [6.45, 7) is 20.0. The van der Waals surface area contributed by atoms with E-state index in [4.69, 9.17) is 4.74 Å². The molecule has 4 aliphatic heterocycles. The Labute approximate surface area is 192 Å². The van der Waals surface area contributed by atoms with E-state index in [0.717, 1.165) is 19.2 Å². The summed E-state index contributed by atoms with van der Waals surface area (Å²) >= 11 is 0. The molecule has 4 rings (SSSR count). The molecule has 0 radical (unpaired) electrons. The molecule has 5 nitrogen and oxygen atoms in total. The predicted octanol–water partition coefficient (Wildman–Crippen LogP) is 3.40. The highest BCUT2D eigenvalue weighted by Gasteiger charge is 2.45. The summed E-state index contributed by atoms with van der Waals surface area (Å²) in [5, 5.41) is 0. The molecule has 2 spiro atoms. The minimum Gasteiger partial charge on any atom is -0.383 e. The smallest absolute Gasteiger partial charge is 0.0589 e. The minimum absolute atomic E-state index is 0.332. The highest BCUT2D eigenvalue weighted by Crippen LogP contribution is 2.44. The van der Waals surface area contributed by atoms with Gasteiger partial charge in [0.05, 0.1) is 6.61 Å². The first-order chi connectivity index (χ1) is 14.7. The lowest BCUT2D eigenvalue weighted by Crippen LogP contribution is -2.59. The van der Waals surface area contributed by atoms with Gasteiger partial charge in [-0.2, -0.15) is 0 Å². The number of nitrogens with zero attached hydrogens (tertiary/aromatic N) is 4. The number of hydrogen-bond donors (Lipinski definition) is 0. The highest BCUT2D eigenvalue weighted by atomic mass is 16.5. The van der Waals surface area contributed by atoms with E-state index in [-0.39, 0.29) is 0 Å². The van der Waals surface area contributed by atoms with Gasteiger partial charge in [-0.05, 0) is 116 Å². The molecule has 0 bridgehead atoms. The van der Waals surface area contributed by atoms with Crippen LogP contribution in [0.3, 0.4) is 0 Å². The highest BCUT2D eigenvalue weighted by molar-refractivity contribution is 5.00. The van der Waals surface area contributed by atoms with Crippen molar-refractivity contribution in [3.63, 3.8) is 0 Å². The topological polar surface area (TPSA) is 22.2 Å². The van der Waals surface area contributed by atoms with Crippen LogP contribution in [-0.4, -0.2) is 111 Å². The van der Waals surface area contributed by atoms with E-state index in [1.165, 1.54) is 97.3 Å². The van der Waals surface area contributed by atoms with Crippen molar-refractivity contribution >= 4 is 0 Å². The average Bonchev–Trinajstić information content (AvgIpc) is 3.16. The van der Waals surface area contributed by atoms with Crippen LogP contribution in [0.4, 0.5) is 0 Å². The Morgan fingerprint density at radius 1 is 0.871 bits per heavy atom. The van der Waals surface area contributed by atoms with Crippen LogP contribution in [0.15, 0.2) is 0 Å². The predicted molar refractivity (Wildman–Crippen MR) is 130 cm³/mol. The third-order valence-electron chi connectivity index (χ3n) is 9.69. The van der Waals surface area contributed by atoms with Gasteiger partial charge in [-0.3, -0.25) is 4.90 Å². The van der Waals surface area contributed by atoms with Crippen molar-refractivity contribution in [3.8, 4) is 0 Å². The van der Waals surface area contributed by atoms with Gasteiger partial charge in [0.25, 0.3) is 0 Å². The van der Waals surface area contributed by atoms with Gasteiger partial charge in [-0.25, -0.2) is 0 Å². The van der Waals surface area contributed by atoms with Crippen molar-refractivity contribution in [1.82, 2.24) is 19.6 Å². The second kappa shape index (κ2) is 9.58. The normalized spacial score (nSPS) is 28.9. The molecule has 5 heteroatoms. The lowest BCUT2D eigenvalue weighted by Gasteiger charge is -2.53. The molecule has 0 aromatic heterocycles. The molecule has 4 aliphatic rings. The molecule has 0 N–H and O–H groups in total. The Morgan fingerprint density at radius 3 is 2.10 bits per heavy atom. The standard InChI is InChI=1S/C26H50N4O/c1-23(29-15-10-26(11-16-29)20-27(4)21-26)6-7-24(2,3)30-17-12-25(22-30)8-13-28(14-9-25)18-19-31-5/h23H,6-22H2,1-5H3. The third-order valence-corrected chi connectivity index (χ3v) is 9.69. The van der Waals surface area contributed by atoms with E-state index in [1.54, 1.807) is 0 Å². The molecule has 0 aromatic carbocycles. The SMILES string of the molecule is COCCN1CCC2(CC1)CCN(C(C)(C)CCC(C)N1CCC3(CC1)CN(C)C3)C2. The van der Waals surface area contributed by atoms with Crippen LogP contribution >= 0.6 is 0 Å². The molecule has 0 saturated carbocycles. The van der Waals surface area contributed by atoms with Crippen molar-refractivity contribution in [1.29, 1.82) is 0 Å². The van der Waals surface area contributed by atoms with Gasteiger partial charge < -0.3 is 19.4 Å². The van der Waals surface area contributed by atoms with Crippen molar-refractivity contribution < 1.29 is 4.74 Å². The Morgan fingerprint density at radius 2 is 1.48 bits per heavy atom. The summed E-state index contributed by atoms with van der Waals surface area (Å²) in [6.07, 6.45) is 9.67. The van der Waals surface area contributed by atoms with Crippen LogP contribution in [0.25, 0.3) is 0 Å². The third kappa shape index (κ3) is 5.48.